The van der Waals surface area contributed by atoms with Crippen LogP contribution in [0.25, 0.3) is 0 Å². The highest BCUT2D eigenvalue weighted by atomic mass is 16.5. The summed E-state index contributed by atoms with van der Waals surface area (Å²) in [7, 11) is 0. The molecule has 0 saturated carbocycles. The van der Waals surface area contributed by atoms with Gasteiger partial charge < -0.3 is 9.72 Å². The van der Waals surface area contributed by atoms with E-state index in [1.807, 2.05) is 13.8 Å². The molecule has 84 valence electrons. The molecule has 1 aromatic rings. The largest absolute Gasteiger partial charge is 0.461 e. The molecule has 1 aromatic heterocycles. The third-order valence-corrected chi connectivity index (χ3v) is 2.17. The molecule has 0 atom stereocenters. The van der Waals surface area contributed by atoms with Crippen LogP contribution in [0.1, 0.15) is 55.7 Å². The molecule has 15 heavy (non-hydrogen) atoms. The van der Waals surface area contributed by atoms with Crippen molar-refractivity contribution in [1.82, 2.24) is 9.97 Å². The van der Waals surface area contributed by atoms with Crippen LogP contribution in [0.3, 0.4) is 0 Å². The molecule has 0 fully saturated rings. The lowest BCUT2D eigenvalue weighted by Gasteiger charge is -2.05. The van der Waals surface area contributed by atoms with Gasteiger partial charge in [-0.1, -0.05) is 27.2 Å². The number of nitrogens with zero attached hydrogens (tertiary/aromatic N) is 1. The molecule has 4 nitrogen and oxygen atoms in total. The summed E-state index contributed by atoms with van der Waals surface area (Å²) in [5.74, 6) is -0.0744. The number of hydrogen-bond donors (Lipinski definition) is 1. The first kappa shape index (κ1) is 11.8. The van der Waals surface area contributed by atoms with Gasteiger partial charge in [0.2, 0.25) is 0 Å². The van der Waals surface area contributed by atoms with Crippen molar-refractivity contribution in [3.05, 3.63) is 17.7 Å². The highest BCUT2D eigenvalue weighted by Gasteiger charge is 2.17. The first-order valence-electron chi connectivity index (χ1n) is 5.37. The van der Waals surface area contributed by atoms with E-state index in [1.165, 1.54) is 6.33 Å². The summed E-state index contributed by atoms with van der Waals surface area (Å²) >= 11 is 0. The van der Waals surface area contributed by atoms with Crippen LogP contribution in [0.5, 0.6) is 0 Å². The predicted octanol–water partition coefficient (Wildman–Crippen LogP) is 2.49. The molecule has 0 aliphatic rings. The highest BCUT2D eigenvalue weighted by molar-refractivity contribution is 5.88. The van der Waals surface area contributed by atoms with Crippen LogP contribution in [-0.4, -0.2) is 22.5 Å². The van der Waals surface area contributed by atoms with Crippen LogP contribution >= 0.6 is 0 Å². The molecule has 0 unspecified atom stereocenters. The van der Waals surface area contributed by atoms with E-state index >= 15 is 0 Å². The van der Waals surface area contributed by atoms with E-state index in [0.717, 1.165) is 18.5 Å². The average Bonchev–Trinajstić information content (AvgIpc) is 2.66. The number of hydrogen-bond acceptors (Lipinski definition) is 3. The van der Waals surface area contributed by atoms with Gasteiger partial charge in [0.05, 0.1) is 18.6 Å². The Kier molecular flexibility index (Phi) is 4.34. The lowest BCUT2D eigenvalue weighted by Crippen LogP contribution is -2.10. The molecule has 0 radical (unpaired) electrons. The fraction of sp³-hybridized carbons (Fsp3) is 0.636. The molecule has 1 rings (SSSR count). The number of H-pyrrole nitrogens is 1. The minimum Gasteiger partial charge on any atom is -0.461 e. The van der Waals surface area contributed by atoms with Crippen LogP contribution < -0.4 is 0 Å². The fourth-order valence-corrected chi connectivity index (χ4v) is 1.28. The van der Waals surface area contributed by atoms with Crippen molar-refractivity contribution in [3.63, 3.8) is 0 Å². The smallest absolute Gasteiger partial charge is 0.358 e. The first-order chi connectivity index (χ1) is 7.16. The fourth-order valence-electron chi connectivity index (χ4n) is 1.28. The van der Waals surface area contributed by atoms with Gasteiger partial charge in [-0.2, -0.15) is 0 Å². The molecule has 0 spiro atoms. The highest BCUT2D eigenvalue weighted by Crippen LogP contribution is 2.15. The SMILES string of the molecule is CCCCOC(=O)c1nc[nH]c1C(C)C. The predicted molar refractivity (Wildman–Crippen MR) is 57.9 cm³/mol. The van der Waals surface area contributed by atoms with Crippen molar-refractivity contribution in [2.75, 3.05) is 6.61 Å². The minimum absolute atomic E-state index is 0.251. The van der Waals surface area contributed by atoms with Gasteiger partial charge in [-0.25, -0.2) is 9.78 Å². The number of aromatic nitrogens is 2. The number of imidazole rings is 1. The zero-order valence-electron chi connectivity index (χ0n) is 9.54. The molecular formula is C11H18N2O2. The number of esters is 1. The topological polar surface area (TPSA) is 55.0 Å². The maximum absolute atomic E-state index is 11.6. The van der Waals surface area contributed by atoms with Crippen molar-refractivity contribution in [1.29, 1.82) is 0 Å². The quantitative estimate of drug-likeness (QED) is 0.600. The van der Waals surface area contributed by atoms with Gasteiger partial charge in [0.15, 0.2) is 5.69 Å². The molecule has 4 heteroatoms. The summed E-state index contributed by atoms with van der Waals surface area (Å²) in [5.41, 5.74) is 1.26. The molecule has 0 saturated heterocycles. The Labute approximate surface area is 90.1 Å². The van der Waals surface area contributed by atoms with Crippen molar-refractivity contribution in [2.24, 2.45) is 0 Å². The number of ether oxygens (including phenoxy) is 1. The monoisotopic (exact) mass is 210 g/mol. The Bertz CT molecular complexity index is 318. The molecule has 0 aromatic carbocycles. The van der Waals surface area contributed by atoms with Gasteiger partial charge in [0, 0.05) is 0 Å². The maximum Gasteiger partial charge on any atom is 0.358 e. The Morgan fingerprint density at radius 2 is 2.33 bits per heavy atom. The molecule has 0 aliphatic heterocycles. The second kappa shape index (κ2) is 5.53. The van der Waals surface area contributed by atoms with Crippen LogP contribution in [0, 0.1) is 0 Å². The van der Waals surface area contributed by atoms with Gasteiger partial charge >= 0.3 is 5.97 Å². The van der Waals surface area contributed by atoms with Crippen molar-refractivity contribution in [2.45, 2.75) is 39.5 Å². The van der Waals surface area contributed by atoms with Crippen LogP contribution in [-0.2, 0) is 4.74 Å². The van der Waals surface area contributed by atoms with E-state index in [-0.39, 0.29) is 11.9 Å². The average molecular weight is 210 g/mol. The summed E-state index contributed by atoms with van der Waals surface area (Å²) in [6.07, 6.45) is 3.45. The molecule has 0 aliphatic carbocycles. The van der Waals surface area contributed by atoms with Crippen molar-refractivity contribution in [3.8, 4) is 0 Å². The van der Waals surface area contributed by atoms with E-state index in [4.69, 9.17) is 4.74 Å². The van der Waals surface area contributed by atoms with Gasteiger partial charge in [-0.15, -0.1) is 0 Å². The zero-order valence-corrected chi connectivity index (χ0v) is 9.54. The van der Waals surface area contributed by atoms with E-state index in [0.29, 0.717) is 12.3 Å². The van der Waals surface area contributed by atoms with Crippen molar-refractivity contribution >= 4 is 5.97 Å². The Morgan fingerprint density at radius 3 is 2.93 bits per heavy atom. The molecular weight excluding hydrogens is 192 g/mol. The lowest BCUT2D eigenvalue weighted by atomic mass is 10.1. The van der Waals surface area contributed by atoms with E-state index < -0.39 is 0 Å². The van der Waals surface area contributed by atoms with Crippen LogP contribution in [0.4, 0.5) is 0 Å². The third-order valence-electron chi connectivity index (χ3n) is 2.17. The molecule has 1 heterocycles. The number of carbonyl (C=O) groups is 1. The number of carbonyl (C=O) groups excluding carboxylic acids is 1. The van der Waals surface area contributed by atoms with Gasteiger partial charge in [-0.05, 0) is 12.3 Å². The second-order valence-electron chi connectivity index (χ2n) is 3.81. The second-order valence-corrected chi connectivity index (χ2v) is 3.81. The lowest BCUT2D eigenvalue weighted by molar-refractivity contribution is 0.0491. The van der Waals surface area contributed by atoms with Gasteiger partial charge in [0.25, 0.3) is 0 Å². The number of nitrogens with one attached hydrogen (secondary N) is 1. The summed E-state index contributed by atoms with van der Waals surface area (Å²) in [5, 5.41) is 0. The molecule has 0 amide bonds. The summed E-state index contributed by atoms with van der Waals surface area (Å²) < 4.78 is 5.10. The minimum atomic E-state index is -0.326. The number of unbranched alkanes of at least 4 members (excludes halogenated alkanes) is 1. The zero-order chi connectivity index (χ0) is 11.3. The normalized spacial score (nSPS) is 10.7. The Hall–Kier alpha value is -1.32. The van der Waals surface area contributed by atoms with Crippen LogP contribution in [0.2, 0.25) is 0 Å². The van der Waals surface area contributed by atoms with Crippen molar-refractivity contribution < 1.29 is 9.53 Å². The molecule has 1 N–H and O–H groups in total. The number of rotatable bonds is 5. The standard InChI is InChI=1S/C11H18N2O2/c1-4-5-6-15-11(14)10-9(8(2)3)12-7-13-10/h7-8H,4-6H2,1-3H3,(H,12,13). The Balaban J connectivity index is 2.61. The summed E-state index contributed by atoms with van der Waals surface area (Å²) in [4.78, 5) is 18.6. The third kappa shape index (κ3) is 3.08. The first-order valence-corrected chi connectivity index (χ1v) is 5.37. The maximum atomic E-state index is 11.6. The van der Waals surface area contributed by atoms with E-state index in [9.17, 15) is 4.79 Å². The summed E-state index contributed by atoms with van der Waals surface area (Å²) in [6, 6.07) is 0. The summed E-state index contributed by atoms with van der Waals surface area (Å²) in [6.45, 7) is 6.55. The van der Waals surface area contributed by atoms with Gasteiger partial charge in [-0.3, -0.25) is 0 Å². The number of aromatic amines is 1. The van der Waals surface area contributed by atoms with Gasteiger partial charge in [0.1, 0.15) is 0 Å². The Morgan fingerprint density at radius 1 is 1.60 bits per heavy atom. The van der Waals surface area contributed by atoms with E-state index in [1.54, 1.807) is 0 Å². The van der Waals surface area contributed by atoms with Crippen LogP contribution in [0.15, 0.2) is 6.33 Å². The van der Waals surface area contributed by atoms with E-state index in [2.05, 4.69) is 16.9 Å². The molecule has 0 bridgehead atoms.